The molecule has 212 valence electrons. The summed E-state index contributed by atoms with van der Waals surface area (Å²) in [5.41, 5.74) is 5.77. The van der Waals surface area contributed by atoms with Crippen LogP contribution in [0.2, 0.25) is 0 Å². The van der Waals surface area contributed by atoms with Crippen molar-refractivity contribution in [2.45, 2.75) is 81.9 Å². The molecule has 1 amide bonds. The van der Waals surface area contributed by atoms with Crippen LogP contribution in [0.15, 0.2) is 65.7 Å². The molecule has 7 nitrogen and oxygen atoms in total. The maximum Gasteiger partial charge on any atom is 0.243 e. The highest BCUT2D eigenvalue weighted by Crippen LogP contribution is 2.35. The van der Waals surface area contributed by atoms with E-state index in [0.29, 0.717) is 13.1 Å². The predicted molar refractivity (Wildman–Crippen MR) is 156 cm³/mol. The lowest BCUT2D eigenvalue weighted by atomic mass is 9.86. The van der Waals surface area contributed by atoms with E-state index < -0.39 is 16.1 Å². The normalized spacial score (nSPS) is 21.9. The third-order valence-corrected chi connectivity index (χ3v) is 10.8. The van der Waals surface area contributed by atoms with Crippen LogP contribution in [0.25, 0.3) is 0 Å². The van der Waals surface area contributed by atoms with Crippen molar-refractivity contribution in [3.8, 4) is 0 Å². The van der Waals surface area contributed by atoms with Gasteiger partial charge in [-0.25, -0.2) is 8.42 Å². The SMILES string of the molecule is Cc1ccc(S(=O)(=O)N2CCn3cccc3C2CC(=O)NC2CCCc3cc(CN4CCCCC4)ccc32)cc1. The molecular formula is C32H40N4O3S. The van der Waals surface area contributed by atoms with Crippen molar-refractivity contribution in [2.75, 3.05) is 19.6 Å². The molecular weight excluding hydrogens is 520 g/mol. The number of fused-ring (bicyclic) bond motifs is 2. The number of rotatable bonds is 7. The molecule has 3 aliphatic rings. The van der Waals surface area contributed by atoms with Gasteiger partial charge in [0.15, 0.2) is 0 Å². The highest BCUT2D eigenvalue weighted by Gasteiger charge is 2.38. The van der Waals surface area contributed by atoms with E-state index in [1.165, 1.54) is 53.3 Å². The summed E-state index contributed by atoms with van der Waals surface area (Å²) in [6.07, 6.45) is 8.94. The van der Waals surface area contributed by atoms with Crippen LogP contribution in [0, 0.1) is 6.92 Å². The second-order valence-corrected chi connectivity index (χ2v) is 13.5. The number of sulfonamides is 1. The van der Waals surface area contributed by atoms with E-state index in [1.54, 1.807) is 12.1 Å². The molecule has 6 rings (SSSR count). The summed E-state index contributed by atoms with van der Waals surface area (Å²) in [6, 6.07) is 17.0. The average molecular weight is 561 g/mol. The molecule has 2 unspecified atom stereocenters. The number of carbonyl (C=O) groups excluding carboxylic acids is 1. The van der Waals surface area contributed by atoms with Gasteiger partial charge in [0.25, 0.3) is 0 Å². The molecule has 1 aliphatic carbocycles. The number of benzene rings is 2. The molecule has 0 bridgehead atoms. The van der Waals surface area contributed by atoms with Gasteiger partial charge in [-0.3, -0.25) is 9.69 Å². The fraction of sp³-hybridized carbons (Fsp3) is 0.469. The fourth-order valence-electron chi connectivity index (χ4n) is 6.70. The summed E-state index contributed by atoms with van der Waals surface area (Å²) < 4.78 is 31.1. The summed E-state index contributed by atoms with van der Waals surface area (Å²) in [5.74, 6) is -0.112. The van der Waals surface area contributed by atoms with Crippen molar-refractivity contribution >= 4 is 15.9 Å². The van der Waals surface area contributed by atoms with Gasteiger partial charge in [0.2, 0.25) is 15.9 Å². The number of aryl methyl sites for hydroxylation is 2. The van der Waals surface area contributed by atoms with Crippen LogP contribution in [0.5, 0.6) is 0 Å². The number of likely N-dealkylation sites (tertiary alicyclic amines) is 1. The van der Waals surface area contributed by atoms with Crippen molar-refractivity contribution in [2.24, 2.45) is 0 Å². The van der Waals surface area contributed by atoms with E-state index in [1.807, 2.05) is 37.4 Å². The Morgan fingerprint density at radius 3 is 2.55 bits per heavy atom. The van der Waals surface area contributed by atoms with Crippen LogP contribution in [0.1, 0.15) is 78.6 Å². The Morgan fingerprint density at radius 1 is 0.950 bits per heavy atom. The lowest BCUT2D eigenvalue weighted by Crippen LogP contribution is -2.44. The van der Waals surface area contributed by atoms with Crippen LogP contribution < -0.4 is 5.32 Å². The van der Waals surface area contributed by atoms with Gasteiger partial charge in [-0.05, 0) is 93.1 Å². The van der Waals surface area contributed by atoms with E-state index in [-0.39, 0.29) is 23.3 Å². The van der Waals surface area contributed by atoms with E-state index in [2.05, 4.69) is 33.0 Å². The summed E-state index contributed by atoms with van der Waals surface area (Å²) in [4.78, 5) is 16.4. The van der Waals surface area contributed by atoms with Crippen molar-refractivity contribution in [1.82, 2.24) is 19.1 Å². The highest BCUT2D eigenvalue weighted by molar-refractivity contribution is 7.89. The van der Waals surface area contributed by atoms with Crippen LogP contribution in [0.4, 0.5) is 0 Å². The smallest absolute Gasteiger partial charge is 0.243 e. The first kappa shape index (κ1) is 27.2. The molecule has 1 aromatic heterocycles. The summed E-state index contributed by atoms with van der Waals surface area (Å²) in [5, 5.41) is 3.29. The van der Waals surface area contributed by atoms with Gasteiger partial charge in [0.1, 0.15) is 0 Å². The van der Waals surface area contributed by atoms with Crippen LogP contribution >= 0.6 is 0 Å². The largest absolute Gasteiger partial charge is 0.349 e. The molecule has 3 aromatic rings. The predicted octanol–water partition coefficient (Wildman–Crippen LogP) is 5.11. The first-order valence-corrected chi connectivity index (χ1v) is 16.2. The molecule has 0 saturated carbocycles. The molecule has 0 spiro atoms. The van der Waals surface area contributed by atoms with Crippen molar-refractivity contribution in [1.29, 1.82) is 0 Å². The summed E-state index contributed by atoms with van der Waals surface area (Å²) in [7, 11) is -3.76. The van der Waals surface area contributed by atoms with E-state index in [0.717, 1.165) is 37.1 Å². The van der Waals surface area contributed by atoms with Gasteiger partial charge in [-0.1, -0.05) is 42.3 Å². The molecule has 1 fully saturated rings. The minimum absolute atomic E-state index is 0.0437. The van der Waals surface area contributed by atoms with Gasteiger partial charge in [-0.2, -0.15) is 4.31 Å². The minimum atomic E-state index is -3.76. The number of hydrogen-bond acceptors (Lipinski definition) is 4. The Bertz CT molecular complexity index is 1460. The highest BCUT2D eigenvalue weighted by atomic mass is 32.2. The number of piperidine rings is 1. The first-order chi connectivity index (χ1) is 19.4. The maximum atomic E-state index is 13.7. The number of hydrogen-bond donors (Lipinski definition) is 1. The van der Waals surface area contributed by atoms with Crippen molar-refractivity contribution in [3.63, 3.8) is 0 Å². The number of nitrogens with zero attached hydrogens (tertiary/aromatic N) is 3. The molecule has 2 aromatic carbocycles. The first-order valence-electron chi connectivity index (χ1n) is 14.8. The molecule has 1 N–H and O–H groups in total. The molecule has 40 heavy (non-hydrogen) atoms. The molecule has 3 heterocycles. The Kier molecular flexibility index (Phi) is 7.84. The lowest BCUT2D eigenvalue weighted by molar-refractivity contribution is -0.123. The zero-order valence-corrected chi connectivity index (χ0v) is 24.2. The number of nitrogens with one attached hydrogen (secondary N) is 1. The van der Waals surface area contributed by atoms with Gasteiger partial charge in [0.05, 0.1) is 17.0 Å². The number of aromatic nitrogens is 1. The van der Waals surface area contributed by atoms with Crippen LogP contribution in [-0.4, -0.2) is 47.7 Å². The maximum absolute atomic E-state index is 13.7. The van der Waals surface area contributed by atoms with Crippen molar-refractivity contribution < 1.29 is 13.2 Å². The minimum Gasteiger partial charge on any atom is -0.349 e. The third kappa shape index (κ3) is 5.62. The fourth-order valence-corrected chi connectivity index (χ4v) is 8.29. The third-order valence-electron chi connectivity index (χ3n) is 8.83. The van der Waals surface area contributed by atoms with Gasteiger partial charge >= 0.3 is 0 Å². The second-order valence-electron chi connectivity index (χ2n) is 11.7. The van der Waals surface area contributed by atoms with Crippen LogP contribution in [0.3, 0.4) is 0 Å². The van der Waals surface area contributed by atoms with Gasteiger partial charge in [0, 0.05) is 37.9 Å². The molecule has 2 atom stereocenters. The van der Waals surface area contributed by atoms with E-state index in [9.17, 15) is 13.2 Å². The standard InChI is InChI=1S/C32H40N4O3S/c1-24-10-13-27(14-11-24)40(38,39)36-20-19-35-18-6-9-30(35)31(36)22-32(37)33-29-8-5-7-26-21-25(12-15-28(26)29)23-34-16-3-2-4-17-34/h6,9-15,18,21,29,31H,2-5,7-8,16-17,19-20,22-23H2,1H3,(H,33,37). The lowest BCUT2D eigenvalue weighted by Gasteiger charge is -2.36. The quantitative estimate of drug-likeness (QED) is 0.436. The Morgan fingerprint density at radius 2 is 1.75 bits per heavy atom. The number of amides is 1. The number of carbonyl (C=O) groups is 1. The average Bonchev–Trinajstić information content (AvgIpc) is 3.44. The molecule has 1 saturated heterocycles. The Labute approximate surface area is 238 Å². The Balaban J connectivity index is 1.19. The van der Waals surface area contributed by atoms with Gasteiger partial charge < -0.3 is 9.88 Å². The van der Waals surface area contributed by atoms with E-state index >= 15 is 0 Å². The van der Waals surface area contributed by atoms with Crippen LogP contribution in [-0.2, 0) is 34.3 Å². The van der Waals surface area contributed by atoms with E-state index in [4.69, 9.17) is 0 Å². The second kappa shape index (κ2) is 11.5. The topological polar surface area (TPSA) is 74.6 Å². The molecule has 0 radical (unpaired) electrons. The summed E-state index contributed by atoms with van der Waals surface area (Å²) in [6.45, 7) is 6.20. The zero-order valence-electron chi connectivity index (χ0n) is 23.4. The molecule has 8 heteroatoms. The van der Waals surface area contributed by atoms with Gasteiger partial charge in [-0.15, -0.1) is 0 Å². The Hall–Kier alpha value is -2.94. The summed E-state index contributed by atoms with van der Waals surface area (Å²) >= 11 is 0. The monoisotopic (exact) mass is 560 g/mol. The zero-order chi connectivity index (χ0) is 27.7. The van der Waals surface area contributed by atoms with Crippen molar-refractivity contribution in [3.05, 3.63) is 88.7 Å². The molecule has 2 aliphatic heterocycles.